The average Bonchev–Trinajstić information content (AvgIpc) is 2.67. The largest absolute Gasteiger partial charge is 0.466 e. The molecule has 0 heterocycles. The number of hydrogen-bond donors (Lipinski definition) is 0. The van der Waals surface area contributed by atoms with Crippen LogP contribution >= 0.6 is 11.6 Å². The van der Waals surface area contributed by atoms with Gasteiger partial charge in [-0.25, -0.2) is 4.39 Å². The molecule has 0 N–H and O–H groups in total. The third kappa shape index (κ3) is 10.9. The summed E-state index contributed by atoms with van der Waals surface area (Å²) in [4.78, 5) is 23.4. The minimum Gasteiger partial charge on any atom is -0.466 e. The Morgan fingerprint density at radius 3 is 2.39 bits per heavy atom. The highest BCUT2D eigenvalue weighted by Crippen LogP contribution is 2.27. The molecule has 1 aromatic carbocycles. The molecule has 0 spiro atoms. The quantitative estimate of drug-likeness (QED) is 0.187. The van der Waals surface area contributed by atoms with Gasteiger partial charge in [0.1, 0.15) is 0 Å². The smallest absolute Gasteiger partial charge is 0.311 e. The molecule has 0 aliphatic rings. The summed E-state index contributed by atoms with van der Waals surface area (Å²) in [6.07, 6.45) is 7.96. The van der Waals surface area contributed by atoms with Crippen LogP contribution in [0, 0.1) is 17.7 Å². The van der Waals surface area contributed by atoms with Crippen molar-refractivity contribution >= 4 is 23.5 Å². The maximum Gasteiger partial charge on any atom is 0.311 e. The van der Waals surface area contributed by atoms with E-state index in [0.29, 0.717) is 6.61 Å². The maximum absolute atomic E-state index is 13.5. The van der Waals surface area contributed by atoms with Gasteiger partial charge >= 0.3 is 11.9 Å². The number of benzene rings is 1. The first-order valence-corrected chi connectivity index (χ1v) is 10.2. The lowest BCUT2D eigenvalue weighted by Gasteiger charge is -2.07. The Bertz CT molecular complexity index is 659. The second-order valence-electron chi connectivity index (χ2n) is 6.32. The highest BCUT2D eigenvalue weighted by atomic mass is 35.5. The van der Waals surface area contributed by atoms with Crippen LogP contribution in [-0.2, 0) is 14.3 Å². The van der Waals surface area contributed by atoms with E-state index in [9.17, 15) is 14.0 Å². The van der Waals surface area contributed by atoms with Gasteiger partial charge in [-0.3, -0.25) is 9.59 Å². The number of rotatable bonds is 12. The van der Waals surface area contributed by atoms with Crippen molar-refractivity contribution in [2.45, 2.75) is 71.1 Å². The Hall–Kier alpha value is -2.06. The molecule has 0 saturated carbocycles. The SMILES string of the molecule is CCC#CCCCCCCCCOC(=O)CCC(=O)Oc1c(F)cccc1Cl. The molecule has 0 unspecified atom stereocenters. The van der Waals surface area contributed by atoms with Crippen LogP contribution in [0.2, 0.25) is 5.02 Å². The molecule has 0 aliphatic heterocycles. The molecule has 1 aromatic rings. The van der Waals surface area contributed by atoms with E-state index in [4.69, 9.17) is 21.1 Å². The molecule has 6 heteroatoms. The molecule has 1 rings (SSSR count). The van der Waals surface area contributed by atoms with Crippen LogP contribution in [0.4, 0.5) is 4.39 Å². The van der Waals surface area contributed by atoms with Crippen molar-refractivity contribution in [3.8, 4) is 17.6 Å². The second kappa shape index (κ2) is 14.9. The lowest BCUT2D eigenvalue weighted by molar-refractivity contribution is -0.147. The Morgan fingerprint density at radius 1 is 1.00 bits per heavy atom. The normalized spacial score (nSPS) is 10.1. The fourth-order valence-corrected chi connectivity index (χ4v) is 2.64. The Morgan fingerprint density at radius 2 is 1.68 bits per heavy atom. The molecule has 0 aliphatic carbocycles. The highest BCUT2D eigenvalue weighted by molar-refractivity contribution is 6.32. The minimum atomic E-state index is -0.729. The Kier molecular flexibility index (Phi) is 12.8. The zero-order valence-corrected chi connectivity index (χ0v) is 17.2. The van der Waals surface area contributed by atoms with Gasteiger partial charge < -0.3 is 9.47 Å². The van der Waals surface area contributed by atoms with Gasteiger partial charge in [-0.1, -0.05) is 50.3 Å². The molecule has 0 radical (unpaired) electrons. The van der Waals surface area contributed by atoms with E-state index in [1.807, 2.05) is 6.92 Å². The molecule has 0 aromatic heterocycles. The van der Waals surface area contributed by atoms with Gasteiger partial charge in [-0.15, -0.1) is 11.8 Å². The van der Waals surface area contributed by atoms with Crippen molar-refractivity contribution < 1.29 is 23.5 Å². The molecule has 0 saturated heterocycles. The monoisotopic (exact) mass is 410 g/mol. The number of esters is 2. The summed E-state index contributed by atoms with van der Waals surface area (Å²) in [5, 5.41) is 0.00446. The van der Waals surface area contributed by atoms with E-state index >= 15 is 0 Å². The lowest BCUT2D eigenvalue weighted by Crippen LogP contribution is -2.13. The van der Waals surface area contributed by atoms with Crippen molar-refractivity contribution in [1.29, 1.82) is 0 Å². The van der Waals surface area contributed by atoms with Crippen LogP contribution < -0.4 is 4.74 Å². The fourth-order valence-electron chi connectivity index (χ4n) is 2.44. The number of carbonyl (C=O) groups is 2. The van der Waals surface area contributed by atoms with E-state index in [1.54, 1.807) is 0 Å². The van der Waals surface area contributed by atoms with Crippen molar-refractivity contribution in [1.82, 2.24) is 0 Å². The molecular weight excluding hydrogens is 383 g/mol. The van der Waals surface area contributed by atoms with Crippen LogP contribution in [0.1, 0.15) is 71.1 Å². The summed E-state index contributed by atoms with van der Waals surface area (Å²) >= 11 is 5.78. The first-order valence-electron chi connectivity index (χ1n) is 9.80. The Labute approximate surface area is 171 Å². The summed E-state index contributed by atoms with van der Waals surface area (Å²) in [6.45, 7) is 2.39. The van der Waals surface area contributed by atoms with Gasteiger partial charge in [-0.2, -0.15) is 0 Å². The number of unbranched alkanes of at least 4 members (excludes halogenated alkanes) is 6. The lowest BCUT2D eigenvalue weighted by atomic mass is 10.1. The summed E-state index contributed by atoms with van der Waals surface area (Å²) < 4.78 is 23.5. The molecule has 0 bridgehead atoms. The van der Waals surface area contributed by atoms with Gasteiger partial charge in [0.25, 0.3) is 0 Å². The van der Waals surface area contributed by atoms with E-state index < -0.39 is 17.8 Å². The number of hydrogen-bond acceptors (Lipinski definition) is 4. The number of carbonyl (C=O) groups excluding carboxylic acids is 2. The summed E-state index contributed by atoms with van der Waals surface area (Å²) in [5.41, 5.74) is 0. The van der Waals surface area contributed by atoms with Gasteiger partial charge in [-0.05, 0) is 25.0 Å². The summed E-state index contributed by atoms with van der Waals surface area (Å²) in [5.74, 6) is 3.95. The second-order valence-corrected chi connectivity index (χ2v) is 6.73. The van der Waals surface area contributed by atoms with E-state index in [0.717, 1.165) is 51.0 Å². The number of halogens is 2. The first-order chi connectivity index (χ1) is 13.5. The Balaban J connectivity index is 2.04. The van der Waals surface area contributed by atoms with Crippen LogP contribution in [0.15, 0.2) is 18.2 Å². The van der Waals surface area contributed by atoms with Gasteiger partial charge in [0.2, 0.25) is 0 Å². The number of para-hydroxylation sites is 1. The fraction of sp³-hybridized carbons (Fsp3) is 0.545. The highest BCUT2D eigenvalue weighted by Gasteiger charge is 2.15. The maximum atomic E-state index is 13.5. The van der Waals surface area contributed by atoms with Crippen molar-refractivity contribution in [3.05, 3.63) is 29.0 Å². The molecule has 154 valence electrons. The van der Waals surface area contributed by atoms with Crippen LogP contribution in [-0.4, -0.2) is 18.5 Å². The minimum absolute atomic E-state index is 0.00446. The molecular formula is C22H28ClFO4. The topological polar surface area (TPSA) is 52.6 Å². The van der Waals surface area contributed by atoms with Gasteiger partial charge in [0.15, 0.2) is 11.6 Å². The standard InChI is InChI=1S/C22H28ClFO4/c1-2-3-4-5-6-7-8-9-10-11-17-27-20(25)15-16-21(26)28-22-18(23)13-12-14-19(22)24/h12-14H,2,5-11,15-17H2,1H3. The van der Waals surface area contributed by atoms with Crippen molar-refractivity contribution in [2.24, 2.45) is 0 Å². The van der Waals surface area contributed by atoms with Crippen LogP contribution in [0.5, 0.6) is 5.75 Å². The summed E-state index contributed by atoms with van der Waals surface area (Å²) in [7, 11) is 0. The van der Waals surface area contributed by atoms with Crippen LogP contribution in [0.3, 0.4) is 0 Å². The summed E-state index contributed by atoms with van der Waals surface area (Å²) in [6, 6.07) is 3.97. The van der Waals surface area contributed by atoms with E-state index in [2.05, 4.69) is 11.8 Å². The van der Waals surface area contributed by atoms with Crippen LogP contribution in [0.25, 0.3) is 0 Å². The van der Waals surface area contributed by atoms with Gasteiger partial charge in [0, 0.05) is 12.8 Å². The molecule has 4 nitrogen and oxygen atoms in total. The van der Waals surface area contributed by atoms with E-state index in [-0.39, 0.29) is 23.6 Å². The predicted octanol–water partition coefficient (Wildman–Crippen LogP) is 5.85. The molecule has 0 amide bonds. The number of ether oxygens (including phenoxy) is 2. The average molecular weight is 411 g/mol. The molecule has 0 atom stereocenters. The first kappa shape index (κ1) is 24.0. The molecule has 28 heavy (non-hydrogen) atoms. The zero-order valence-electron chi connectivity index (χ0n) is 16.4. The van der Waals surface area contributed by atoms with E-state index in [1.165, 1.54) is 18.6 Å². The van der Waals surface area contributed by atoms with Crippen molar-refractivity contribution in [2.75, 3.05) is 6.61 Å². The molecule has 0 fully saturated rings. The third-order valence-corrected chi connectivity index (χ3v) is 4.23. The van der Waals surface area contributed by atoms with Crippen molar-refractivity contribution in [3.63, 3.8) is 0 Å². The third-order valence-electron chi connectivity index (χ3n) is 3.93. The zero-order chi connectivity index (χ0) is 20.6. The van der Waals surface area contributed by atoms with Gasteiger partial charge in [0.05, 0.1) is 24.5 Å². The predicted molar refractivity (Wildman–Crippen MR) is 108 cm³/mol.